The van der Waals surface area contributed by atoms with Crippen LogP contribution in [0.15, 0.2) is 42.5 Å². The molecule has 2 aromatic rings. The molecule has 3 amide bonds. The lowest BCUT2D eigenvalue weighted by atomic mass is 10.1. The van der Waals surface area contributed by atoms with Gasteiger partial charge in [-0.2, -0.15) is 0 Å². The number of rotatable bonds is 6. The molecule has 162 valence electrons. The molecule has 8 nitrogen and oxygen atoms in total. The molecular weight excluding hydrogens is 445 g/mol. The minimum Gasteiger partial charge on any atom is -0.455 e. The second-order valence-corrected chi connectivity index (χ2v) is 7.78. The largest absolute Gasteiger partial charge is 0.455 e. The van der Waals surface area contributed by atoms with Gasteiger partial charge in [0.05, 0.1) is 23.2 Å². The summed E-state index contributed by atoms with van der Waals surface area (Å²) in [6.45, 7) is 1.20. The third-order valence-corrected chi connectivity index (χ3v) is 5.18. The first-order valence-electron chi connectivity index (χ1n) is 9.33. The zero-order valence-electron chi connectivity index (χ0n) is 16.5. The maximum Gasteiger partial charge on any atom is 0.311 e. The maximum absolute atomic E-state index is 12.4. The van der Waals surface area contributed by atoms with Crippen LogP contribution in [0.5, 0.6) is 0 Å². The highest BCUT2D eigenvalue weighted by Gasteiger charge is 2.36. The topological polar surface area (TPSA) is 105 Å². The Bertz CT molecular complexity index is 1040. The van der Waals surface area contributed by atoms with Gasteiger partial charge in [-0.25, -0.2) is 0 Å². The molecule has 2 N–H and O–H groups in total. The molecule has 0 aliphatic carbocycles. The first kappa shape index (κ1) is 22.6. The summed E-state index contributed by atoms with van der Waals surface area (Å²) in [5.41, 5.74) is 4.03. The number of nitrogens with zero attached hydrogens (tertiary/aromatic N) is 1. The normalized spacial score (nSPS) is 15.5. The summed E-state index contributed by atoms with van der Waals surface area (Å²) in [6, 6.07) is 11.5. The van der Waals surface area contributed by atoms with Gasteiger partial charge in [-0.15, -0.1) is 0 Å². The second-order valence-electron chi connectivity index (χ2n) is 6.94. The van der Waals surface area contributed by atoms with Crippen LogP contribution < -0.4 is 10.7 Å². The molecule has 0 radical (unpaired) electrons. The molecule has 1 atom stereocenters. The van der Waals surface area contributed by atoms with E-state index in [0.717, 1.165) is 10.6 Å². The predicted octanol–water partition coefficient (Wildman–Crippen LogP) is 2.98. The number of esters is 1. The Balaban J connectivity index is 1.50. The lowest BCUT2D eigenvalue weighted by molar-refractivity contribution is -0.151. The van der Waals surface area contributed by atoms with Crippen molar-refractivity contribution in [2.45, 2.75) is 13.3 Å². The first-order valence-corrected chi connectivity index (χ1v) is 10.1. The summed E-state index contributed by atoms with van der Waals surface area (Å²) in [6.07, 6.45) is -0.127. The Morgan fingerprint density at radius 2 is 1.90 bits per heavy atom. The highest BCUT2D eigenvalue weighted by molar-refractivity contribution is 6.36. The SMILES string of the molecule is Cc1ccccc1C(=O)NN1C[C@@H](C(=O)OCC(=O)Nc2ccc(Cl)cc2Cl)CC1=O. The molecule has 31 heavy (non-hydrogen) atoms. The molecule has 0 aromatic heterocycles. The van der Waals surface area contributed by atoms with E-state index >= 15 is 0 Å². The number of nitrogens with one attached hydrogen (secondary N) is 2. The number of aryl methyl sites for hydroxylation is 1. The fraction of sp³-hybridized carbons (Fsp3) is 0.238. The number of benzene rings is 2. The predicted molar refractivity (Wildman–Crippen MR) is 115 cm³/mol. The van der Waals surface area contributed by atoms with Gasteiger partial charge in [0.1, 0.15) is 0 Å². The van der Waals surface area contributed by atoms with E-state index in [0.29, 0.717) is 16.3 Å². The molecule has 0 unspecified atom stereocenters. The van der Waals surface area contributed by atoms with Crippen LogP contribution in [0.2, 0.25) is 10.0 Å². The second kappa shape index (κ2) is 9.80. The number of anilines is 1. The van der Waals surface area contributed by atoms with Crippen molar-refractivity contribution in [3.63, 3.8) is 0 Å². The van der Waals surface area contributed by atoms with Crippen molar-refractivity contribution in [2.24, 2.45) is 5.92 Å². The van der Waals surface area contributed by atoms with Crippen molar-refractivity contribution in [3.05, 3.63) is 63.6 Å². The number of amides is 3. The molecule has 1 aliphatic rings. The van der Waals surface area contributed by atoms with Crippen molar-refractivity contribution in [3.8, 4) is 0 Å². The van der Waals surface area contributed by atoms with Gasteiger partial charge in [0.2, 0.25) is 5.91 Å². The summed E-state index contributed by atoms with van der Waals surface area (Å²) in [4.78, 5) is 48.9. The lowest BCUT2D eigenvalue weighted by Crippen LogP contribution is -2.43. The van der Waals surface area contributed by atoms with Crippen LogP contribution in [-0.2, 0) is 19.1 Å². The number of ether oxygens (including phenoxy) is 1. The number of carbonyl (C=O) groups excluding carboxylic acids is 4. The fourth-order valence-electron chi connectivity index (χ4n) is 3.02. The minimum absolute atomic E-state index is 0.0417. The average Bonchev–Trinajstić information content (AvgIpc) is 3.09. The van der Waals surface area contributed by atoms with Gasteiger partial charge in [0, 0.05) is 17.0 Å². The van der Waals surface area contributed by atoms with Gasteiger partial charge in [0.25, 0.3) is 11.8 Å². The molecular formula is C21H19Cl2N3O5. The van der Waals surface area contributed by atoms with Gasteiger partial charge >= 0.3 is 5.97 Å². The fourth-order valence-corrected chi connectivity index (χ4v) is 3.47. The quantitative estimate of drug-likeness (QED) is 0.640. The lowest BCUT2D eigenvalue weighted by Gasteiger charge is -2.18. The van der Waals surface area contributed by atoms with Gasteiger partial charge in [0.15, 0.2) is 6.61 Å². The molecule has 3 rings (SSSR count). The Morgan fingerprint density at radius 1 is 1.16 bits per heavy atom. The molecule has 1 fully saturated rings. The molecule has 1 aliphatic heterocycles. The summed E-state index contributed by atoms with van der Waals surface area (Å²) in [5, 5.41) is 4.26. The molecule has 1 heterocycles. The monoisotopic (exact) mass is 463 g/mol. The van der Waals surface area contributed by atoms with E-state index in [1.807, 2.05) is 0 Å². The number of hydrogen-bond donors (Lipinski definition) is 2. The van der Waals surface area contributed by atoms with Gasteiger partial charge in [-0.3, -0.25) is 29.6 Å². The van der Waals surface area contributed by atoms with Crippen LogP contribution in [0.4, 0.5) is 5.69 Å². The Hall–Kier alpha value is -3.10. The van der Waals surface area contributed by atoms with E-state index in [2.05, 4.69) is 10.7 Å². The number of hydrogen-bond acceptors (Lipinski definition) is 5. The number of carbonyl (C=O) groups is 4. The van der Waals surface area contributed by atoms with Crippen LogP contribution in [0.25, 0.3) is 0 Å². The maximum atomic E-state index is 12.4. The Morgan fingerprint density at radius 3 is 2.61 bits per heavy atom. The molecule has 1 saturated heterocycles. The van der Waals surface area contributed by atoms with E-state index in [-0.39, 0.29) is 18.0 Å². The van der Waals surface area contributed by atoms with E-state index < -0.39 is 36.2 Å². The number of hydrazine groups is 1. The zero-order valence-corrected chi connectivity index (χ0v) is 18.0. The van der Waals surface area contributed by atoms with Crippen LogP contribution in [0, 0.1) is 12.8 Å². The molecule has 0 saturated carbocycles. The summed E-state index contributed by atoms with van der Waals surface area (Å²) in [5.74, 6) is -2.96. The molecule has 0 bridgehead atoms. The van der Waals surface area contributed by atoms with Crippen molar-refractivity contribution in [2.75, 3.05) is 18.5 Å². The molecule has 0 spiro atoms. The third-order valence-electron chi connectivity index (χ3n) is 4.64. The summed E-state index contributed by atoms with van der Waals surface area (Å²) < 4.78 is 5.02. The van der Waals surface area contributed by atoms with Crippen LogP contribution in [0.1, 0.15) is 22.3 Å². The standard InChI is InChI=1S/C21H19Cl2N3O5/c1-12-4-2-3-5-15(12)20(29)25-26-10-13(8-19(26)28)21(30)31-11-18(27)24-17-7-6-14(22)9-16(17)23/h2-7,9,13H,8,10-11H2,1H3,(H,24,27)(H,25,29)/t13-/m0/s1. The van der Waals surface area contributed by atoms with E-state index in [9.17, 15) is 19.2 Å². The minimum atomic E-state index is -0.795. The zero-order chi connectivity index (χ0) is 22.5. The highest BCUT2D eigenvalue weighted by atomic mass is 35.5. The van der Waals surface area contributed by atoms with E-state index in [1.165, 1.54) is 12.1 Å². The summed E-state index contributed by atoms with van der Waals surface area (Å²) >= 11 is 11.8. The highest BCUT2D eigenvalue weighted by Crippen LogP contribution is 2.25. The Kier molecular flexibility index (Phi) is 7.14. The van der Waals surface area contributed by atoms with Gasteiger partial charge in [-0.1, -0.05) is 41.4 Å². The van der Waals surface area contributed by atoms with Crippen LogP contribution in [0.3, 0.4) is 0 Å². The smallest absolute Gasteiger partial charge is 0.311 e. The Labute approximate surface area is 188 Å². The van der Waals surface area contributed by atoms with Crippen LogP contribution >= 0.6 is 23.2 Å². The van der Waals surface area contributed by atoms with Crippen LogP contribution in [-0.4, -0.2) is 41.9 Å². The van der Waals surface area contributed by atoms with Crippen molar-refractivity contribution in [1.82, 2.24) is 10.4 Å². The average molecular weight is 464 g/mol. The molecule has 10 heteroatoms. The van der Waals surface area contributed by atoms with Gasteiger partial charge in [-0.05, 0) is 36.8 Å². The van der Waals surface area contributed by atoms with Crippen molar-refractivity contribution >= 4 is 52.6 Å². The third kappa shape index (κ3) is 5.74. The first-order chi connectivity index (χ1) is 14.7. The van der Waals surface area contributed by atoms with E-state index in [4.69, 9.17) is 27.9 Å². The molecule has 2 aromatic carbocycles. The van der Waals surface area contributed by atoms with Gasteiger partial charge < -0.3 is 10.1 Å². The van der Waals surface area contributed by atoms with E-state index in [1.54, 1.807) is 37.3 Å². The number of halogens is 2. The summed E-state index contributed by atoms with van der Waals surface area (Å²) in [7, 11) is 0. The van der Waals surface area contributed by atoms with Crippen molar-refractivity contribution < 1.29 is 23.9 Å². The van der Waals surface area contributed by atoms with Crippen molar-refractivity contribution in [1.29, 1.82) is 0 Å².